The lowest BCUT2D eigenvalue weighted by Crippen LogP contribution is -2.30. The van der Waals surface area contributed by atoms with E-state index in [0.717, 1.165) is 31.0 Å². The van der Waals surface area contributed by atoms with Gasteiger partial charge in [0.15, 0.2) is 5.11 Å². The summed E-state index contributed by atoms with van der Waals surface area (Å²) in [5.41, 5.74) is -0.166. The zero-order valence-corrected chi connectivity index (χ0v) is 9.59. The maximum atomic E-state index is 13.4. The fraction of sp³-hybridized carbons (Fsp3) is 0.300. The molecular weight excluding hydrogens is 245 g/mol. The summed E-state index contributed by atoms with van der Waals surface area (Å²) >= 11 is 4.96. The zero-order chi connectivity index (χ0) is 12.4. The van der Waals surface area contributed by atoms with Gasteiger partial charge >= 0.3 is 0 Å². The van der Waals surface area contributed by atoms with Crippen molar-refractivity contribution in [3.63, 3.8) is 0 Å². The van der Waals surface area contributed by atoms with E-state index in [4.69, 9.17) is 12.2 Å². The summed E-state index contributed by atoms with van der Waals surface area (Å²) in [7, 11) is 0. The summed E-state index contributed by atoms with van der Waals surface area (Å²) in [4.78, 5) is 9.96. The molecule has 1 aliphatic carbocycles. The van der Waals surface area contributed by atoms with Crippen LogP contribution in [0.5, 0.6) is 0 Å². The summed E-state index contributed by atoms with van der Waals surface area (Å²) in [6, 6.07) is 3.62. The maximum Gasteiger partial charge on any atom is 0.271 e. The molecule has 7 heteroatoms. The number of halogens is 1. The summed E-state index contributed by atoms with van der Waals surface area (Å²) < 4.78 is 13.4. The minimum atomic E-state index is -0.581. The Morgan fingerprint density at radius 1 is 1.53 bits per heavy atom. The van der Waals surface area contributed by atoms with E-state index in [1.807, 2.05) is 0 Å². The van der Waals surface area contributed by atoms with Crippen LogP contribution in [0.3, 0.4) is 0 Å². The van der Waals surface area contributed by atoms with Crippen molar-refractivity contribution in [2.75, 3.05) is 5.32 Å². The van der Waals surface area contributed by atoms with E-state index in [1.165, 1.54) is 0 Å². The number of benzene rings is 1. The number of thiocarbonyl (C=S) groups is 1. The number of nitrogens with zero attached hydrogens (tertiary/aromatic N) is 1. The molecule has 0 amide bonds. The molecule has 0 aromatic heterocycles. The molecule has 0 heterocycles. The molecule has 1 fully saturated rings. The number of nitro benzene ring substituents is 1. The molecule has 1 aliphatic rings. The first-order chi connectivity index (χ1) is 8.06. The van der Waals surface area contributed by atoms with Crippen molar-refractivity contribution in [1.29, 1.82) is 0 Å². The van der Waals surface area contributed by atoms with Crippen molar-refractivity contribution in [1.82, 2.24) is 5.32 Å². The van der Waals surface area contributed by atoms with Gasteiger partial charge in [-0.1, -0.05) is 0 Å². The fourth-order valence-corrected chi connectivity index (χ4v) is 1.57. The van der Waals surface area contributed by atoms with Crippen LogP contribution in [-0.2, 0) is 0 Å². The Balaban J connectivity index is 2.09. The average molecular weight is 255 g/mol. The minimum Gasteiger partial charge on any atom is -0.360 e. The van der Waals surface area contributed by atoms with E-state index in [2.05, 4.69) is 10.6 Å². The van der Waals surface area contributed by atoms with Gasteiger partial charge in [-0.15, -0.1) is 0 Å². The van der Waals surface area contributed by atoms with Gasteiger partial charge in [0.25, 0.3) is 5.69 Å². The molecule has 2 rings (SSSR count). The second kappa shape index (κ2) is 4.62. The van der Waals surface area contributed by atoms with Crippen LogP contribution >= 0.6 is 12.2 Å². The van der Waals surface area contributed by atoms with Gasteiger partial charge in [-0.25, -0.2) is 4.39 Å². The summed E-state index contributed by atoms with van der Waals surface area (Å²) in [5.74, 6) is -0.574. The van der Waals surface area contributed by atoms with E-state index in [-0.39, 0.29) is 16.5 Å². The van der Waals surface area contributed by atoms with Gasteiger partial charge in [0, 0.05) is 18.2 Å². The van der Waals surface area contributed by atoms with Crippen LogP contribution in [0.25, 0.3) is 0 Å². The normalized spacial score (nSPS) is 14.2. The molecular formula is C10H10FN3O2S. The first-order valence-corrected chi connectivity index (χ1v) is 5.48. The topological polar surface area (TPSA) is 67.2 Å². The lowest BCUT2D eigenvalue weighted by atomic mass is 10.2. The van der Waals surface area contributed by atoms with Crippen LogP contribution < -0.4 is 10.6 Å². The second-order valence-corrected chi connectivity index (χ2v) is 4.20. The number of hydrogen-bond donors (Lipinski definition) is 2. The highest BCUT2D eigenvalue weighted by Crippen LogP contribution is 2.22. The third-order valence-electron chi connectivity index (χ3n) is 2.32. The van der Waals surface area contributed by atoms with Crippen LogP contribution in [0.1, 0.15) is 12.8 Å². The smallest absolute Gasteiger partial charge is 0.271 e. The molecule has 1 aromatic rings. The number of hydrogen-bond acceptors (Lipinski definition) is 3. The highest BCUT2D eigenvalue weighted by Gasteiger charge is 2.22. The Hall–Kier alpha value is -1.76. The molecule has 0 aliphatic heterocycles. The largest absolute Gasteiger partial charge is 0.360 e. The van der Waals surface area contributed by atoms with E-state index >= 15 is 0 Å². The first-order valence-electron chi connectivity index (χ1n) is 5.08. The van der Waals surface area contributed by atoms with Crippen molar-refractivity contribution in [3.05, 3.63) is 34.1 Å². The van der Waals surface area contributed by atoms with E-state index in [1.54, 1.807) is 0 Å². The summed E-state index contributed by atoms with van der Waals surface area (Å²) in [6.45, 7) is 0. The molecule has 0 spiro atoms. The minimum absolute atomic E-state index is 0.0114. The quantitative estimate of drug-likeness (QED) is 0.492. The first kappa shape index (κ1) is 11.7. The Kier molecular flexibility index (Phi) is 3.19. The zero-order valence-electron chi connectivity index (χ0n) is 8.77. The van der Waals surface area contributed by atoms with Crippen molar-refractivity contribution >= 4 is 28.7 Å². The third kappa shape index (κ3) is 3.10. The second-order valence-electron chi connectivity index (χ2n) is 3.79. The van der Waals surface area contributed by atoms with E-state index in [9.17, 15) is 14.5 Å². The van der Waals surface area contributed by atoms with Gasteiger partial charge in [0.1, 0.15) is 5.82 Å². The highest BCUT2D eigenvalue weighted by molar-refractivity contribution is 7.80. The predicted molar refractivity (Wildman–Crippen MR) is 65.4 cm³/mol. The van der Waals surface area contributed by atoms with Crippen LogP contribution in [-0.4, -0.2) is 16.1 Å². The lowest BCUT2D eigenvalue weighted by Gasteiger charge is -2.09. The molecule has 1 aromatic carbocycles. The van der Waals surface area contributed by atoms with Crippen molar-refractivity contribution in [3.8, 4) is 0 Å². The Morgan fingerprint density at radius 2 is 2.24 bits per heavy atom. The van der Waals surface area contributed by atoms with Gasteiger partial charge in [-0.3, -0.25) is 10.1 Å². The third-order valence-corrected chi connectivity index (χ3v) is 2.54. The molecule has 90 valence electrons. The van der Waals surface area contributed by atoms with Crippen LogP contribution in [0.4, 0.5) is 15.8 Å². The van der Waals surface area contributed by atoms with E-state index < -0.39 is 10.7 Å². The van der Waals surface area contributed by atoms with Gasteiger partial charge in [0.05, 0.1) is 10.6 Å². The van der Waals surface area contributed by atoms with Crippen molar-refractivity contribution < 1.29 is 9.31 Å². The van der Waals surface area contributed by atoms with E-state index in [0.29, 0.717) is 6.04 Å². The van der Waals surface area contributed by atoms with Gasteiger partial charge in [0.2, 0.25) is 0 Å². The maximum absolute atomic E-state index is 13.4. The molecule has 0 unspecified atom stereocenters. The fourth-order valence-electron chi connectivity index (χ4n) is 1.29. The van der Waals surface area contributed by atoms with Crippen molar-refractivity contribution in [2.45, 2.75) is 18.9 Å². The highest BCUT2D eigenvalue weighted by atomic mass is 32.1. The standard InChI is InChI=1S/C10H10FN3O2S/c11-8-4-3-7(14(15)16)5-9(8)13-10(17)12-6-1-2-6/h3-6H,1-2H2,(H2,12,13,17). The molecule has 2 N–H and O–H groups in total. The Morgan fingerprint density at radius 3 is 2.82 bits per heavy atom. The molecule has 0 saturated heterocycles. The molecule has 5 nitrogen and oxygen atoms in total. The van der Waals surface area contributed by atoms with Crippen LogP contribution in [0.2, 0.25) is 0 Å². The molecule has 17 heavy (non-hydrogen) atoms. The SMILES string of the molecule is O=[N+]([O-])c1ccc(F)c(NC(=S)NC2CC2)c1. The predicted octanol–water partition coefficient (Wildman–Crippen LogP) is 2.18. The molecule has 1 saturated carbocycles. The Labute approximate surface area is 102 Å². The number of anilines is 1. The molecule has 0 atom stereocenters. The molecule has 0 bridgehead atoms. The Bertz CT molecular complexity index is 477. The van der Waals surface area contributed by atoms with Crippen molar-refractivity contribution in [2.24, 2.45) is 0 Å². The number of nitro groups is 1. The lowest BCUT2D eigenvalue weighted by molar-refractivity contribution is -0.384. The van der Waals surface area contributed by atoms with Gasteiger partial charge < -0.3 is 10.6 Å². The number of nitrogens with one attached hydrogen (secondary N) is 2. The van der Waals surface area contributed by atoms with Crippen LogP contribution in [0, 0.1) is 15.9 Å². The molecule has 0 radical (unpaired) electrons. The average Bonchev–Trinajstić information content (AvgIpc) is 3.04. The summed E-state index contributed by atoms with van der Waals surface area (Å²) in [5, 5.41) is 16.4. The number of rotatable bonds is 3. The number of non-ortho nitro benzene ring substituents is 1. The van der Waals surface area contributed by atoms with Gasteiger partial charge in [-0.05, 0) is 31.1 Å². The monoisotopic (exact) mass is 255 g/mol. The van der Waals surface area contributed by atoms with Gasteiger partial charge in [-0.2, -0.15) is 0 Å². The van der Waals surface area contributed by atoms with Crippen LogP contribution in [0.15, 0.2) is 18.2 Å². The summed E-state index contributed by atoms with van der Waals surface area (Å²) in [6.07, 6.45) is 2.08.